The molecule has 18 heavy (non-hydrogen) atoms. The number of aliphatic hydroxyl groups excluding tert-OH is 1. The predicted octanol–water partition coefficient (Wildman–Crippen LogP) is 0.153. The van der Waals surface area contributed by atoms with Gasteiger partial charge in [-0.25, -0.2) is 0 Å². The third-order valence-corrected chi connectivity index (χ3v) is 3.25. The fourth-order valence-electron chi connectivity index (χ4n) is 2.18. The first-order chi connectivity index (χ1) is 8.72. The quantitative estimate of drug-likeness (QED) is 0.797. The van der Waals surface area contributed by atoms with Gasteiger partial charge in [0.1, 0.15) is 0 Å². The van der Waals surface area contributed by atoms with Gasteiger partial charge in [0.15, 0.2) is 0 Å². The lowest BCUT2D eigenvalue weighted by Crippen LogP contribution is -2.59. The third-order valence-electron chi connectivity index (χ3n) is 3.25. The second-order valence-corrected chi connectivity index (χ2v) is 4.61. The van der Waals surface area contributed by atoms with Crippen LogP contribution in [0.15, 0.2) is 24.4 Å². The summed E-state index contributed by atoms with van der Waals surface area (Å²) >= 11 is 0. The zero-order chi connectivity index (χ0) is 13.0. The van der Waals surface area contributed by atoms with Gasteiger partial charge in [0.2, 0.25) is 5.91 Å². The van der Waals surface area contributed by atoms with Crippen LogP contribution in [0.1, 0.15) is 19.0 Å². The Bertz CT molecular complexity index is 396. The van der Waals surface area contributed by atoms with Crippen LogP contribution in [0.25, 0.3) is 0 Å². The third kappa shape index (κ3) is 2.86. The minimum absolute atomic E-state index is 0.0230. The van der Waals surface area contributed by atoms with Crippen LogP contribution in [0, 0.1) is 0 Å². The second-order valence-electron chi connectivity index (χ2n) is 4.61. The summed E-state index contributed by atoms with van der Waals surface area (Å²) < 4.78 is 0. The van der Waals surface area contributed by atoms with E-state index in [-0.39, 0.29) is 24.6 Å². The fourth-order valence-corrected chi connectivity index (χ4v) is 2.18. The van der Waals surface area contributed by atoms with Crippen molar-refractivity contribution in [3.05, 3.63) is 30.1 Å². The molecule has 0 bridgehead atoms. The lowest BCUT2D eigenvalue weighted by Gasteiger charge is -2.38. The van der Waals surface area contributed by atoms with Crippen LogP contribution in [-0.2, 0) is 11.3 Å². The van der Waals surface area contributed by atoms with E-state index in [2.05, 4.69) is 10.3 Å². The van der Waals surface area contributed by atoms with Crippen LogP contribution in [0.4, 0.5) is 0 Å². The Labute approximate surface area is 107 Å². The molecular weight excluding hydrogens is 230 g/mol. The van der Waals surface area contributed by atoms with E-state index in [1.807, 2.05) is 30.0 Å². The molecule has 5 nitrogen and oxygen atoms in total. The highest BCUT2D eigenvalue weighted by Gasteiger charge is 2.32. The molecule has 98 valence electrons. The monoisotopic (exact) mass is 249 g/mol. The average Bonchev–Trinajstić information content (AvgIpc) is 2.39. The zero-order valence-corrected chi connectivity index (χ0v) is 10.5. The van der Waals surface area contributed by atoms with Crippen LogP contribution in [0.3, 0.4) is 0 Å². The van der Waals surface area contributed by atoms with E-state index in [4.69, 9.17) is 5.11 Å². The summed E-state index contributed by atoms with van der Waals surface area (Å²) in [4.78, 5) is 18.3. The van der Waals surface area contributed by atoms with Crippen molar-refractivity contribution in [1.82, 2.24) is 15.2 Å². The van der Waals surface area contributed by atoms with Crippen molar-refractivity contribution < 1.29 is 9.90 Å². The molecule has 1 aromatic heterocycles. The van der Waals surface area contributed by atoms with Gasteiger partial charge in [-0.3, -0.25) is 9.78 Å². The highest BCUT2D eigenvalue weighted by atomic mass is 16.3. The normalized spacial score (nSPS) is 24.3. The minimum Gasteiger partial charge on any atom is -0.396 e. The SMILES string of the molecule is CC1CNC(CCO)C(=O)N1Cc1ccccn1. The summed E-state index contributed by atoms with van der Waals surface area (Å²) in [5.41, 5.74) is 0.891. The van der Waals surface area contributed by atoms with Crippen LogP contribution in [0.2, 0.25) is 0 Å². The summed E-state index contributed by atoms with van der Waals surface area (Å²) in [6, 6.07) is 5.58. The molecule has 1 aromatic rings. The summed E-state index contributed by atoms with van der Waals surface area (Å²) in [5, 5.41) is 12.1. The molecule has 0 aromatic carbocycles. The number of carbonyl (C=O) groups is 1. The zero-order valence-electron chi connectivity index (χ0n) is 10.5. The summed E-state index contributed by atoms with van der Waals surface area (Å²) in [6.07, 6.45) is 2.20. The number of piperazine rings is 1. The highest BCUT2D eigenvalue weighted by molar-refractivity contribution is 5.83. The first-order valence-electron chi connectivity index (χ1n) is 6.27. The lowest BCUT2D eigenvalue weighted by atomic mass is 10.1. The van der Waals surface area contributed by atoms with Gasteiger partial charge in [0, 0.05) is 25.4 Å². The Kier molecular flexibility index (Phi) is 4.28. The number of pyridine rings is 1. The Balaban J connectivity index is 2.07. The minimum atomic E-state index is -0.269. The number of aliphatic hydroxyl groups is 1. The van der Waals surface area contributed by atoms with Crippen LogP contribution >= 0.6 is 0 Å². The Morgan fingerprint density at radius 2 is 2.39 bits per heavy atom. The standard InChI is InChI=1S/C13H19N3O2/c1-10-8-15-12(5-7-17)13(18)16(10)9-11-4-2-3-6-14-11/h2-4,6,10,12,15,17H,5,7-9H2,1H3. The molecule has 2 atom stereocenters. The predicted molar refractivity (Wildman–Crippen MR) is 67.7 cm³/mol. The number of nitrogens with one attached hydrogen (secondary N) is 1. The Morgan fingerprint density at radius 1 is 1.56 bits per heavy atom. The van der Waals surface area contributed by atoms with Crippen molar-refractivity contribution >= 4 is 5.91 Å². The van der Waals surface area contributed by atoms with E-state index >= 15 is 0 Å². The molecule has 2 heterocycles. The molecule has 1 fully saturated rings. The van der Waals surface area contributed by atoms with Crippen molar-refractivity contribution in [1.29, 1.82) is 0 Å². The number of carbonyl (C=O) groups excluding carboxylic acids is 1. The van der Waals surface area contributed by atoms with E-state index in [1.54, 1.807) is 6.20 Å². The van der Waals surface area contributed by atoms with E-state index in [0.717, 1.165) is 12.2 Å². The average molecular weight is 249 g/mol. The second kappa shape index (κ2) is 5.93. The van der Waals surface area contributed by atoms with Crippen molar-refractivity contribution in [3.8, 4) is 0 Å². The largest absolute Gasteiger partial charge is 0.396 e. The molecule has 2 N–H and O–H groups in total. The number of rotatable bonds is 4. The van der Waals surface area contributed by atoms with Crippen molar-refractivity contribution in [2.45, 2.75) is 32.0 Å². The van der Waals surface area contributed by atoms with Crippen molar-refractivity contribution in [2.24, 2.45) is 0 Å². The van der Waals surface area contributed by atoms with Crippen LogP contribution < -0.4 is 5.32 Å². The van der Waals surface area contributed by atoms with E-state index in [0.29, 0.717) is 13.0 Å². The molecule has 0 radical (unpaired) electrons. The molecule has 2 unspecified atom stereocenters. The number of hydrogen-bond acceptors (Lipinski definition) is 4. The molecule has 0 aliphatic carbocycles. The maximum absolute atomic E-state index is 12.3. The molecule has 1 aliphatic rings. The molecule has 1 amide bonds. The summed E-state index contributed by atoms with van der Waals surface area (Å²) in [5.74, 6) is 0.0495. The van der Waals surface area contributed by atoms with Crippen molar-refractivity contribution in [3.63, 3.8) is 0 Å². The van der Waals surface area contributed by atoms with Crippen LogP contribution in [0.5, 0.6) is 0 Å². The van der Waals surface area contributed by atoms with Gasteiger partial charge in [-0.05, 0) is 25.5 Å². The van der Waals surface area contributed by atoms with Gasteiger partial charge in [-0.1, -0.05) is 6.07 Å². The number of hydrogen-bond donors (Lipinski definition) is 2. The number of nitrogens with zero attached hydrogens (tertiary/aromatic N) is 2. The van der Waals surface area contributed by atoms with Crippen LogP contribution in [-0.4, -0.2) is 46.1 Å². The molecule has 1 aliphatic heterocycles. The highest BCUT2D eigenvalue weighted by Crippen LogP contribution is 2.13. The topological polar surface area (TPSA) is 65.5 Å². The van der Waals surface area contributed by atoms with E-state index in [9.17, 15) is 4.79 Å². The van der Waals surface area contributed by atoms with E-state index < -0.39 is 0 Å². The van der Waals surface area contributed by atoms with Gasteiger partial charge in [-0.15, -0.1) is 0 Å². The van der Waals surface area contributed by atoms with E-state index in [1.165, 1.54) is 0 Å². The molecule has 0 spiro atoms. The smallest absolute Gasteiger partial charge is 0.240 e. The van der Waals surface area contributed by atoms with Gasteiger partial charge in [-0.2, -0.15) is 0 Å². The van der Waals surface area contributed by atoms with Gasteiger partial charge >= 0.3 is 0 Å². The van der Waals surface area contributed by atoms with Gasteiger partial charge in [0.05, 0.1) is 18.3 Å². The maximum atomic E-state index is 12.3. The fraction of sp³-hybridized carbons (Fsp3) is 0.538. The molecule has 2 rings (SSSR count). The lowest BCUT2D eigenvalue weighted by molar-refractivity contribution is -0.139. The molecule has 1 saturated heterocycles. The first kappa shape index (κ1) is 13.0. The molecular formula is C13H19N3O2. The maximum Gasteiger partial charge on any atom is 0.240 e. The number of aromatic nitrogens is 1. The van der Waals surface area contributed by atoms with Crippen molar-refractivity contribution in [2.75, 3.05) is 13.2 Å². The molecule has 5 heteroatoms. The number of amides is 1. The molecule has 0 saturated carbocycles. The first-order valence-corrected chi connectivity index (χ1v) is 6.27. The Hall–Kier alpha value is -1.46. The van der Waals surface area contributed by atoms with Gasteiger partial charge < -0.3 is 15.3 Å². The Morgan fingerprint density at radius 3 is 3.06 bits per heavy atom. The summed E-state index contributed by atoms with van der Waals surface area (Å²) in [7, 11) is 0. The van der Waals surface area contributed by atoms with Gasteiger partial charge in [0.25, 0.3) is 0 Å². The summed E-state index contributed by atoms with van der Waals surface area (Å²) in [6.45, 7) is 3.33.